The molecule has 0 aromatic heterocycles. The van der Waals surface area contributed by atoms with Gasteiger partial charge in [0.25, 0.3) is 0 Å². The molecule has 6 atom stereocenters. The predicted octanol–water partition coefficient (Wildman–Crippen LogP) is 0.354. The van der Waals surface area contributed by atoms with Gasteiger partial charge in [-0.05, 0) is 86.6 Å². The third-order valence-corrected chi connectivity index (χ3v) is 7.33. The largest absolute Gasteiger partial charge is 0.358 e. The molecular formula is C18H28N6O2S2. The Hall–Kier alpha value is -1.68. The van der Waals surface area contributed by atoms with E-state index in [-0.39, 0.29) is 0 Å². The Balaban J connectivity index is 1.10. The molecule has 154 valence electrons. The van der Waals surface area contributed by atoms with Crippen LogP contribution in [0.3, 0.4) is 0 Å². The maximum Gasteiger partial charge on any atom is 0.329 e. The molecule has 0 aromatic rings. The first kappa shape index (κ1) is 19.6. The van der Waals surface area contributed by atoms with Crippen LogP contribution in [0, 0.1) is 23.7 Å². The van der Waals surface area contributed by atoms with Crippen LogP contribution in [0.5, 0.6) is 0 Å². The maximum absolute atomic E-state index is 11.9. The fraction of sp³-hybridized carbons (Fsp3) is 0.778. The number of rotatable bonds is 2. The van der Waals surface area contributed by atoms with E-state index in [1.807, 2.05) is 0 Å². The summed E-state index contributed by atoms with van der Waals surface area (Å²) in [7, 11) is 0. The van der Waals surface area contributed by atoms with E-state index in [9.17, 15) is 9.59 Å². The lowest BCUT2D eigenvalue weighted by Crippen LogP contribution is -2.57. The molecule has 4 saturated carbocycles. The number of amides is 2. The van der Waals surface area contributed by atoms with Gasteiger partial charge in [0.15, 0.2) is 10.2 Å². The number of hydrogen-bond donors (Lipinski definition) is 6. The first-order chi connectivity index (χ1) is 13.5. The Morgan fingerprint density at radius 3 is 1.36 bits per heavy atom. The zero-order valence-corrected chi connectivity index (χ0v) is 17.4. The smallest absolute Gasteiger partial charge is 0.329 e. The van der Waals surface area contributed by atoms with Gasteiger partial charge in [-0.1, -0.05) is 12.8 Å². The van der Waals surface area contributed by atoms with E-state index in [2.05, 4.69) is 32.3 Å². The molecule has 4 rings (SSSR count). The lowest BCUT2D eigenvalue weighted by molar-refractivity contribution is -0.139. The van der Waals surface area contributed by atoms with Gasteiger partial charge in [0.2, 0.25) is 0 Å². The maximum atomic E-state index is 11.9. The Bertz CT molecular complexity index is 618. The van der Waals surface area contributed by atoms with Gasteiger partial charge in [-0.3, -0.25) is 31.3 Å². The van der Waals surface area contributed by atoms with Crippen molar-refractivity contribution < 1.29 is 9.59 Å². The third-order valence-electron chi connectivity index (χ3n) is 6.89. The minimum Gasteiger partial charge on any atom is -0.358 e. The van der Waals surface area contributed by atoms with Gasteiger partial charge in [0.1, 0.15) is 0 Å². The average molecular weight is 425 g/mol. The summed E-state index contributed by atoms with van der Waals surface area (Å²) in [5.41, 5.74) is 9.82. The van der Waals surface area contributed by atoms with Crippen LogP contribution < -0.4 is 32.3 Å². The molecule has 10 heteroatoms. The lowest BCUT2D eigenvalue weighted by atomic mass is 9.96. The van der Waals surface area contributed by atoms with E-state index in [1.54, 1.807) is 0 Å². The standard InChI is InChI=1S/C18H28N6O2S2/c25-15(21-23-17(27)19-13-7-9-1-3-11(13)5-9)16(26)22-24-18(28)20-14-8-10-2-4-12(14)6-10/h9-14H,1-8H2,(H,21,25)(H,22,26)(H2,19,23,27)(H2,20,24,28)/t9-,10+,11-,12-,13-,14-/m1/s1. The highest BCUT2D eigenvalue weighted by atomic mass is 32.1. The van der Waals surface area contributed by atoms with Crippen LogP contribution in [0.25, 0.3) is 0 Å². The minimum absolute atomic E-state index is 0.333. The minimum atomic E-state index is -0.840. The molecule has 0 spiro atoms. The monoisotopic (exact) mass is 424 g/mol. The first-order valence-electron chi connectivity index (χ1n) is 10.2. The second kappa shape index (κ2) is 8.36. The normalized spacial score (nSPS) is 34.6. The van der Waals surface area contributed by atoms with Crippen LogP contribution in [0.15, 0.2) is 0 Å². The summed E-state index contributed by atoms with van der Waals surface area (Å²) in [6.07, 6.45) is 9.87. The number of nitrogens with one attached hydrogen (secondary N) is 6. The van der Waals surface area contributed by atoms with Crippen LogP contribution in [0.4, 0.5) is 0 Å². The van der Waals surface area contributed by atoms with E-state index in [1.165, 1.54) is 38.5 Å². The molecule has 4 aliphatic carbocycles. The second-order valence-electron chi connectivity index (χ2n) is 8.67. The van der Waals surface area contributed by atoms with Crippen molar-refractivity contribution in [1.82, 2.24) is 32.3 Å². The molecule has 2 amide bonds. The summed E-state index contributed by atoms with van der Waals surface area (Å²) in [4.78, 5) is 23.8. The van der Waals surface area contributed by atoms with E-state index >= 15 is 0 Å². The van der Waals surface area contributed by atoms with Crippen molar-refractivity contribution in [2.75, 3.05) is 0 Å². The van der Waals surface area contributed by atoms with Crippen molar-refractivity contribution in [2.45, 2.75) is 63.5 Å². The number of hydrazine groups is 2. The predicted molar refractivity (Wildman–Crippen MR) is 112 cm³/mol. The van der Waals surface area contributed by atoms with Crippen molar-refractivity contribution in [1.29, 1.82) is 0 Å². The van der Waals surface area contributed by atoms with Crippen molar-refractivity contribution in [2.24, 2.45) is 23.7 Å². The molecule has 6 N–H and O–H groups in total. The summed E-state index contributed by atoms with van der Waals surface area (Å²) in [5, 5.41) is 7.14. The highest BCUT2D eigenvalue weighted by Crippen LogP contribution is 2.45. The zero-order chi connectivity index (χ0) is 19.7. The fourth-order valence-electron chi connectivity index (χ4n) is 5.59. The van der Waals surface area contributed by atoms with Gasteiger partial charge >= 0.3 is 11.8 Å². The van der Waals surface area contributed by atoms with Crippen LogP contribution in [0.1, 0.15) is 51.4 Å². The summed E-state index contributed by atoms with van der Waals surface area (Å²) in [6, 6.07) is 0.723. The van der Waals surface area contributed by atoms with Gasteiger partial charge in [-0.25, -0.2) is 0 Å². The average Bonchev–Trinajstić information content (AvgIpc) is 3.45. The van der Waals surface area contributed by atoms with Crippen molar-refractivity contribution in [3.05, 3.63) is 0 Å². The molecule has 4 fully saturated rings. The third kappa shape index (κ3) is 4.48. The highest BCUT2D eigenvalue weighted by Gasteiger charge is 2.40. The van der Waals surface area contributed by atoms with Crippen LogP contribution in [0.2, 0.25) is 0 Å². The number of carbonyl (C=O) groups is 2. The van der Waals surface area contributed by atoms with Gasteiger partial charge in [-0.15, -0.1) is 0 Å². The van der Waals surface area contributed by atoms with E-state index in [4.69, 9.17) is 24.4 Å². The van der Waals surface area contributed by atoms with Gasteiger partial charge in [0.05, 0.1) is 0 Å². The SMILES string of the molecule is O=C(NNC(=S)N[C@@H]1C[C@@H]2CC[C@@H]1C2)C(=O)NNC(=S)N[C@@H]1C[C@H]2CC[C@@H]1C2. The summed E-state index contributed by atoms with van der Waals surface area (Å²) >= 11 is 10.4. The fourth-order valence-corrected chi connectivity index (χ4v) is 6.00. The highest BCUT2D eigenvalue weighted by molar-refractivity contribution is 7.80. The molecule has 4 aliphatic rings. The topological polar surface area (TPSA) is 106 Å². The molecule has 0 saturated heterocycles. The van der Waals surface area contributed by atoms with Gasteiger partial charge in [0, 0.05) is 12.1 Å². The van der Waals surface area contributed by atoms with Crippen LogP contribution in [-0.2, 0) is 9.59 Å². The molecule has 0 aromatic carbocycles. The summed E-state index contributed by atoms with van der Waals surface area (Å²) in [5.74, 6) is 1.25. The van der Waals surface area contributed by atoms with Crippen molar-refractivity contribution in [3.8, 4) is 0 Å². The van der Waals surface area contributed by atoms with Crippen molar-refractivity contribution in [3.63, 3.8) is 0 Å². The Kier molecular flexibility index (Phi) is 5.86. The Morgan fingerprint density at radius 2 is 1.04 bits per heavy atom. The lowest BCUT2D eigenvalue weighted by Gasteiger charge is -2.25. The molecular weight excluding hydrogens is 396 g/mol. The summed E-state index contributed by atoms with van der Waals surface area (Å²) in [6.45, 7) is 0. The molecule has 0 unspecified atom stereocenters. The number of hydrogen-bond acceptors (Lipinski definition) is 4. The van der Waals surface area contributed by atoms with E-state index < -0.39 is 11.8 Å². The molecule has 0 aliphatic heterocycles. The molecule has 0 radical (unpaired) electrons. The number of carbonyl (C=O) groups excluding carboxylic acids is 2. The Morgan fingerprint density at radius 1 is 0.607 bits per heavy atom. The summed E-state index contributed by atoms with van der Waals surface area (Å²) < 4.78 is 0. The number of thiocarbonyl (C=S) groups is 2. The molecule has 4 bridgehead atoms. The zero-order valence-electron chi connectivity index (χ0n) is 15.8. The Labute approximate surface area is 175 Å². The van der Waals surface area contributed by atoms with Gasteiger partial charge in [-0.2, -0.15) is 0 Å². The second-order valence-corrected chi connectivity index (χ2v) is 9.48. The molecule has 28 heavy (non-hydrogen) atoms. The molecule has 0 heterocycles. The number of fused-ring (bicyclic) bond motifs is 4. The quantitative estimate of drug-likeness (QED) is 0.214. The molecule has 8 nitrogen and oxygen atoms in total. The first-order valence-corrected chi connectivity index (χ1v) is 11.0. The van der Waals surface area contributed by atoms with E-state index in [0.717, 1.165) is 24.7 Å². The van der Waals surface area contributed by atoms with E-state index in [0.29, 0.717) is 34.1 Å². The van der Waals surface area contributed by atoms with Crippen molar-refractivity contribution >= 4 is 46.5 Å². The van der Waals surface area contributed by atoms with Crippen LogP contribution in [-0.4, -0.2) is 34.1 Å². The van der Waals surface area contributed by atoms with Crippen LogP contribution >= 0.6 is 24.4 Å². The van der Waals surface area contributed by atoms with Gasteiger partial charge < -0.3 is 10.6 Å².